The van der Waals surface area contributed by atoms with Crippen LogP contribution in [0, 0.1) is 3.57 Å². The number of benzene rings is 1. The molecule has 0 aliphatic rings. The number of carbonyl (C=O) groups excluding carboxylic acids is 1. The molecule has 0 atom stereocenters. The van der Waals surface area contributed by atoms with Gasteiger partial charge in [-0.15, -0.1) is 0 Å². The summed E-state index contributed by atoms with van der Waals surface area (Å²) in [6.45, 7) is -0.514. The van der Waals surface area contributed by atoms with Gasteiger partial charge in [0.2, 0.25) is 0 Å². The molecule has 0 aliphatic heterocycles. The Hall–Kier alpha value is -0.650. The zero-order valence-corrected chi connectivity index (χ0v) is 9.17. The molecule has 0 N–H and O–H groups in total. The second-order valence-corrected chi connectivity index (χ2v) is 3.59. The third kappa shape index (κ3) is 2.40. The monoisotopic (exact) mass is 294 g/mol. The largest absolute Gasteiger partial charge is 0.465 e. The Morgan fingerprint density at radius 1 is 1.62 bits per heavy atom. The van der Waals surface area contributed by atoms with E-state index in [4.69, 9.17) is 0 Å². The topological polar surface area (TPSA) is 26.3 Å². The van der Waals surface area contributed by atoms with Crippen LogP contribution in [0.4, 0.5) is 4.39 Å². The molecule has 2 nitrogen and oxygen atoms in total. The number of esters is 1. The van der Waals surface area contributed by atoms with Crippen LogP contribution in [0.5, 0.6) is 0 Å². The lowest BCUT2D eigenvalue weighted by Crippen LogP contribution is -2.02. The van der Waals surface area contributed by atoms with Crippen molar-refractivity contribution in [1.82, 2.24) is 0 Å². The Morgan fingerprint density at radius 2 is 2.31 bits per heavy atom. The molecule has 1 aromatic carbocycles. The number of ether oxygens (including phenoxy) is 1. The van der Waals surface area contributed by atoms with Crippen LogP contribution < -0.4 is 0 Å². The highest BCUT2D eigenvalue weighted by molar-refractivity contribution is 14.1. The molecule has 0 unspecified atom stereocenters. The first kappa shape index (κ1) is 10.4. The SMILES string of the molecule is COC(=O)c1ccc(CF)c(I)c1. The van der Waals surface area contributed by atoms with Crippen LogP contribution >= 0.6 is 22.6 Å². The lowest BCUT2D eigenvalue weighted by atomic mass is 10.1. The van der Waals surface area contributed by atoms with Gasteiger partial charge in [0.25, 0.3) is 0 Å². The van der Waals surface area contributed by atoms with E-state index in [1.807, 2.05) is 22.6 Å². The Kier molecular flexibility index (Phi) is 3.65. The summed E-state index contributed by atoms with van der Waals surface area (Å²) in [6.07, 6.45) is 0. The number of methoxy groups -OCH3 is 1. The predicted molar refractivity (Wildman–Crippen MR) is 55.3 cm³/mol. The smallest absolute Gasteiger partial charge is 0.337 e. The van der Waals surface area contributed by atoms with E-state index < -0.39 is 12.6 Å². The van der Waals surface area contributed by atoms with Crippen molar-refractivity contribution < 1.29 is 13.9 Å². The Bertz CT molecular complexity index is 325. The minimum absolute atomic E-state index is 0.400. The van der Waals surface area contributed by atoms with Crippen LogP contribution in [0.15, 0.2) is 18.2 Å². The molecular formula is C9H8FIO2. The lowest BCUT2D eigenvalue weighted by molar-refractivity contribution is 0.0600. The summed E-state index contributed by atoms with van der Waals surface area (Å²) < 4.78 is 17.5. The summed E-state index contributed by atoms with van der Waals surface area (Å²) in [4.78, 5) is 11.0. The highest BCUT2D eigenvalue weighted by Crippen LogP contribution is 2.16. The molecule has 0 fully saturated rings. The average molecular weight is 294 g/mol. The number of carbonyl (C=O) groups is 1. The van der Waals surface area contributed by atoms with Crippen LogP contribution in [0.25, 0.3) is 0 Å². The summed E-state index contributed by atoms with van der Waals surface area (Å²) >= 11 is 1.99. The van der Waals surface area contributed by atoms with Gasteiger partial charge in [-0.25, -0.2) is 9.18 Å². The van der Waals surface area contributed by atoms with Gasteiger partial charge in [0.15, 0.2) is 0 Å². The second kappa shape index (κ2) is 4.55. The fourth-order valence-corrected chi connectivity index (χ4v) is 1.56. The van der Waals surface area contributed by atoms with E-state index in [9.17, 15) is 9.18 Å². The first-order valence-electron chi connectivity index (χ1n) is 3.61. The molecule has 0 amide bonds. The molecule has 0 radical (unpaired) electrons. The van der Waals surface area contributed by atoms with Gasteiger partial charge in [-0.2, -0.15) is 0 Å². The van der Waals surface area contributed by atoms with E-state index in [0.717, 1.165) is 3.57 Å². The number of halogens is 2. The fraction of sp³-hybridized carbons (Fsp3) is 0.222. The molecule has 0 saturated carbocycles. The molecular weight excluding hydrogens is 286 g/mol. The van der Waals surface area contributed by atoms with Crippen LogP contribution in [-0.4, -0.2) is 13.1 Å². The Balaban J connectivity index is 3.02. The molecule has 0 bridgehead atoms. The van der Waals surface area contributed by atoms with Gasteiger partial charge in [-0.3, -0.25) is 0 Å². The fourth-order valence-electron chi connectivity index (χ4n) is 0.901. The van der Waals surface area contributed by atoms with E-state index in [0.29, 0.717) is 11.1 Å². The third-order valence-electron chi connectivity index (χ3n) is 1.62. The highest BCUT2D eigenvalue weighted by Gasteiger charge is 2.07. The lowest BCUT2D eigenvalue weighted by Gasteiger charge is -2.02. The molecule has 0 saturated heterocycles. The van der Waals surface area contributed by atoms with Gasteiger partial charge >= 0.3 is 5.97 Å². The van der Waals surface area contributed by atoms with Crippen molar-refractivity contribution in [2.75, 3.05) is 7.11 Å². The zero-order chi connectivity index (χ0) is 9.84. The molecule has 70 valence electrons. The maximum Gasteiger partial charge on any atom is 0.337 e. The molecule has 0 aliphatic carbocycles. The van der Waals surface area contributed by atoms with Crippen LogP contribution in [0.2, 0.25) is 0 Å². The van der Waals surface area contributed by atoms with Crippen molar-refractivity contribution in [3.05, 3.63) is 32.9 Å². The van der Waals surface area contributed by atoms with Crippen LogP contribution in [0.1, 0.15) is 15.9 Å². The normalized spacial score (nSPS) is 9.77. The van der Waals surface area contributed by atoms with Crippen molar-refractivity contribution in [2.24, 2.45) is 0 Å². The summed E-state index contributed by atoms with van der Waals surface area (Å²) in [5.74, 6) is -0.400. The maximum atomic E-state index is 12.3. The number of hydrogen-bond acceptors (Lipinski definition) is 2. The van der Waals surface area contributed by atoms with Gasteiger partial charge in [-0.05, 0) is 40.3 Å². The van der Waals surface area contributed by atoms with Crippen molar-refractivity contribution in [3.63, 3.8) is 0 Å². The number of rotatable bonds is 2. The average Bonchev–Trinajstić information content (AvgIpc) is 2.16. The predicted octanol–water partition coefficient (Wildman–Crippen LogP) is 2.55. The number of alkyl halides is 1. The summed E-state index contributed by atoms with van der Waals surface area (Å²) in [5.41, 5.74) is 1.04. The first-order valence-corrected chi connectivity index (χ1v) is 4.69. The number of hydrogen-bond donors (Lipinski definition) is 0. The minimum Gasteiger partial charge on any atom is -0.465 e. The molecule has 0 heterocycles. The van der Waals surface area contributed by atoms with Gasteiger partial charge in [0.1, 0.15) is 6.67 Å². The maximum absolute atomic E-state index is 12.3. The van der Waals surface area contributed by atoms with E-state index >= 15 is 0 Å². The molecule has 1 rings (SSSR count). The van der Waals surface area contributed by atoms with Crippen molar-refractivity contribution in [2.45, 2.75) is 6.67 Å². The molecule has 0 spiro atoms. The minimum atomic E-state index is -0.514. The standard InChI is InChI=1S/C9H8FIO2/c1-13-9(12)6-2-3-7(5-10)8(11)4-6/h2-4H,5H2,1H3. The van der Waals surface area contributed by atoms with Gasteiger partial charge in [0.05, 0.1) is 12.7 Å². The van der Waals surface area contributed by atoms with E-state index in [2.05, 4.69) is 4.74 Å². The van der Waals surface area contributed by atoms with E-state index in [1.165, 1.54) is 7.11 Å². The summed E-state index contributed by atoms with van der Waals surface area (Å²) in [6, 6.07) is 4.76. The van der Waals surface area contributed by atoms with Gasteiger partial charge in [0, 0.05) is 3.57 Å². The Morgan fingerprint density at radius 3 is 2.77 bits per heavy atom. The zero-order valence-electron chi connectivity index (χ0n) is 7.01. The third-order valence-corrected chi connectivity index (χ3v) is 2.62. The van der Waals surface area contributed by atoms with E-state index in [1.54, 1.807) is 18.2 Å². The molecule has 1 aromatic rings. The summed E-state index contributed by atoms with van der Waals surface area (Å²) in [7, 11) is 1.32. The quantitative estimate of drug-likeness (QED) is 0.619. The van der Waals surface area contributed by atoms with E-state index in [-0.39, 0.29) is 0 Å². The van der Waals surface area contributed by atoms with Crippen LogP contribution in [0.3, 0.4) is 0 Å². The second-order valence-electron chi connectivity index (χ2n) is 2.43. The van der Waals surface area contributed by atoms with Crippen LogP contribution in [-0.2, 0) is 11.4 Å². The van der Waals surface area contributed by atoms with Gasteiger partial charge < -0.3 is 4.74 Å². The van der Waals surface area contributed by atoms with Crippen molar-refractivity contribution >= 4 is 28.6 Å². The first-order chi connectivity index (χ1) is 6.19. The highest BCUT2D eigenvalue weighted by atomic mass is 127. The molecule has 4 heteroatoms. The summed E-state index contributed by atoms with van der Waals surface area (Å²) in [5, 5.41) is 0. The van der Waals surface area contributed by atoms with Crippen molar-refractivity contribution in [3.8, 4) is 0 Å². The molecule has 0 aromatic heterocycles. The van der Waals surface area contributed by atoms with Gasteiger partial charge in [-0.1, -0.05) is 6.07 Å². The van der Waals surface area contributed by atoms with Crippen molar-refractivity contribution in [1.29, 1.82) is 0 Å². The Labute approximate surface area is 89.2 Å². The molecule has 13 heavy (non-hydrogen) atoms.